The fourth-order valence-electron chi connectivity index (χ4n) is 3.41. The molecular weight excluding hydrogens is 260 g/mol. The van der Waals surface area contributed by atoms with Gasteiger partial charge in [0.1, 0.15) is 5.75 Å². The number of aryl methyl sites for hydroxylation is 3. The summed E-state index contributed by atoms with van der Waals surface area (Å²) in [6.45, 7) is 4.01. The Balaban J connectivity index is 2.05. The lowest BCUT2D eigenvalue weighted by Crippen LogP contribution is -2.13. The van der Waals surface area contributed by atoms with Gasteiger partial charge in [0.15, 0.2) is 5.78 Å². The molecule has 0 spiro atoms. The molecule has 3 rings (SSSR count). The summed E-state index contributed by atoms with van der Waals surface area (Å²) in [6.07, 6.45) is 1.88. The van der Waals surface area contributed by atoms with Crippen molar-refractivity contribution >= 4 is 5.78 Å². The standard InChI is InChI=1S/C19H20O2/c1-12-10-13(2)18(17(11-12)21-3)19(20)16-9-8-14-6-4-5-7-15(14)16/h4-7,10-11,16H,8-9H2,1-3H3. The SMILES string of the molecule is COc1cc(C)cc(C)c1C(=O)C1CCc2ccccc21. The van der Waals surface area contributed by atoms with Crippen LogP contribution in [0.2, 0.25) is 0 Å². The van der Waals surface area contributed by atoms with E-state index in [1.165, 1.54) is 11.1 Å². The van der Waals surface area contributed by atoms with Crippen molar-refractivity contribution in [1.29, 1.82) is 0 Å². The lowest BCUT2D eigenvalue weighted by molar-refractivity contribution is 0.0956. The van der Waals surface area contributed by atoms with E-state index in [1.807, 2.05) is 32.0 Å². The minimum atomic E-state index is -0.0310. The van der Waals surface area contributed by atoms with Crippen molar-refractivity contribution < 1.29 is 9.53 Å². The van der Waals surface area contributed by atoms with Crippen LogP contribution < -0.4 is 4.74 Å². The highest BCUT2D eigenvalue weighted by atomic mass is 16.5. The van der Waals surface area contributed by atoms with Crippen molar-refractivity contribution in [3.63, 3.8) is 0 Å². The van der Waals surface area contributed by atoms with Gasteiger partial charge >= 0.3 is 0 Å². The Kier molecular flexibility index (Phi) is 3.54. The summed E-state index contributed by atoms with van der Waals surface area (Å²) in [4.78, 5) is 13.0. The van der Waals surface area contributed by atoms with E-state index in [4.69, 9.17) is 4.74 Å². The summed E-state index contributed by atoms with van der Waals surface area (Å²) in [7, 11) is 1.63. The summed E-state index contributed by atoms with van der Waals surface area (Å²) < 4.78 is 5.45. The zero-order valence-electron chi connectivity index (χ0n) is 12.8. The Morgan fingerprint density at radius 2 is 1.95 bits per heavy atom. The molecule has 0 bridgehead atoms. The highest BCUT2D eigenvalue weighted by Gasteiger charge is 2.31. The van der Waals surface area contributed by atoms with Gasteiger partial charge in [0.25, 0.3) is 0 Å². The Hall–Kier alpha value is -2.09. The first-order chi connectivity index (χ1) is 10.1. The Labute approximate surface area is 125 Å². The second-order valence-electron chi connectivity index (χ2n) is 5.81. The van der Waals surface area contributed by atoms with Crippen molar-refractivity contribution in [2.45, 2.75) is 32.6 Å². The predicted octanol–water partition coefficient (Wildman–Crippen LogP) is 4.22. The topological polar surface area (TPSA) is 26.3 Å². The van der Waals surface area contributed by atoms with Crippen LogP contribution in [-0.2, 0) is 6.42 Å². The van der Waals surface area contributed by atoms with Gasteiger partial charge in [-0.25, -0.2) is 0 Å². The van der Waals surface area contributed by atoms with Crippen molar-refractivity contribution in [3.8, 4) is 5.75 Å². The Morgan fingerprint density at radius 3 is 2.71 bits per heavy atom. The van der Waals surface area contributed by atoms with E-state index in [-0.39, 0.29) is 11.7 Å². The second kappa shape index (κ2) is 5.36. The smallest absolute Gasteiger partial charge is 0.174 e. The fraction of sp³-hybridized carbons (Fsp3) is 0.316. The summed E-state index contributed by atoms with van der Waals surface area (Å²) in [5.41, 5.74) is 5.35. The van der Waals surface area contributed by atoms with Crippen molar-refractivity contribution in [3.05, 3.63) is 64.2 Å². The van der Waals surface area contributed by atoms with Crippen LogP contribution in [0.15, 0.2) is 36.4 Å². The third-order valence-corrected chi connectivity index (χ3v) is 4.36. The number of ketones is 1. The highest BCUT2D eigenvalue weighted by Crippen LogP contribution is 2.38. The average Bonchev–Trinajstić information content (AvgIpc) is 2.89. The summed E-state index contributed by atoms with van der Waals surface area (Å²) >= 11 is 0. The first-order valence-electron chi connectivity index (χ1n) is 7.39. The first kappa shape index (κ1) is 13.9. The molecular formula is C19H20O2. The zero-order valence-corrected chi connectivity index (χ0v) is 12.8. The molecule has 2 heteroatoms. The molecule has 0 saturated carbocycles. The lowest BCUT2D eigenvalue weighted by Gasteiger charge is -2.16. The molecule has 1 aliphatic rings. The lowest BCUT2D eigenvalue weighted by atomic mass is 9.89. The van der Waals surface area contributed by atoms with Crippen molar-refractivity contribution in [1.82, 2.24) is 0 Å². The number of Topliss-reactive ketones (excluding diaryl/α,β-unsaturated/α-hetero) is 1. The van der Waals surface area contributed by atoms with E-state index in [9.17, 15) is 4.79 Å². The quantitative estimate of drug-likeness (QED) is 0.787. The monoisotopic (exact) mass is 280 g/mol. The number of fused-ring (bicyclic) bond motifs is 1. The van der Waals surface area contributed by atoms with Crippen molar-refractivity contribution in [2.75, 3.05) is 7.11 Å². The molecule has 0 radical (unpaired) electrons. The van der Waals surface area contributed by atoms with Gasteiger partial charge in [0.2, 0.25) is 0 Å². The summed E-state index contributed by atoms with van der Waals surface area (Å²) in [5.74, 6) is 0.854. The number of hydrogen-bond acceptors (Lipinski definition) is 2. The fourth-order valence-corrected chi connectivity index (χ4v) is 3.41. The maximum Gasteiger partial charge on any atom is 0.174 e. The maximum absolute atomic E-state index is 13.0. The molecule has 2 nitrogen and oxygen atoms in total. The van der Waals surface area contributed by atoms with E-state index in [2.05, 4.69) is 18.2 Å². The minimum Gasteiger partial charge on any atom is -0.496 e. The molecule has 0 aliphatic heterocycles. The first-order valence-corrected chi connectivity index (χ1v) is 7.39. The summed E-state index contributed by atoms with van der Waals surface area (Å²) in [6, 6.07) is 12.3. The highest BCUT2D eigenvalue weighted by molar-refractivity contribution is 6.05. The molecule has 1 atom stereocenters. The predicted molar refractivity (Wildman–Crippen MR) is 84.3 cm³/mol. The maximum atomic E-state index is 13.0. The largest absolute Gasteiger partial charge is 0.496 e. The van der Waals surface area contributed by atoms with Crippen LogP contribution in [0, 0.1) is 13.8 Å². The minimum absolute atomic E-state index is 0.0310. The van der Waals surface area contributed by atoms with Gasteiger partial charge in [0, 0.05) is 5.92 Å². The zero-order chi connectivity index (χ0) is 15.0. The molecule has 1 unspecified atom stereocenters. The van der Waals surface area contributed by atoms with E-state index in [0.29, 0.717) is 5.75 Å². The van der Waals surface area contributed by atoms with Gasteiger partial charge < -0.3 is 4.74 Å². The van der Waals surface area contributed by atoms with Crippen LogP contribution in [-0.4, -0.2) is 12.9 Å². The van der Waals surface area contributed by atoms with E-state index in [1.54, 1.807) is 7.11 Å². The molecule has 0 heterocycles. The Morgan fingerprint density at radius 1 is 1.19 bits per heavy atom. The molecule has 0 N–H and O–H groups in total. The van der Waals surface area contributed by atoms with Crippen LogP contribution in [0.4, 0.5) is 0 Å². The normalized spacial score (nSPS) is 16.6. The van der Waals surface area contributed by atoms with Gasteiger partial charge in [-0.3, -0.25) is 4.79 Å². The van der Waals surface area contributed by atoms with Crippen molar-refractivity contribution in [2.24, 2.45) is 0 Å². The molecule has 108 valence electrons. The molecule has 2 aromatic carbocycles. The number of carbonyl (C=O) groups excluding carboxylic acids is 1. The van der Waals surface area contributed by atoms with Gasteiger partial charge in [-0.1, -0.05) is 30.3 Å². The van der Waals surface area contributed by atoms with Gasteiger partial charge in [-0.05, 0) is 55.0 Å². The molecule has 0 fully saturated rings. The van der Waals surface area contributed by atoms with Crippen LogP contribution in [0.1, 0.15) is 45.0 Å². The number of ether oxygens (including phenoxy) is 1. The van der Waals surface area contributed by atoms with Crippen LogP contribution in [0.25, 0.3) is 0 Å². The number of carbonyl (C=O) groups is 1. The Bertz CT molecular complexity index is 701. The third kappa shape index (κ3) is 2.35. The summed E-state index contributed by atoms with van der Waals surface area (Å²) in [5, 5.41) is 0. The second-order valence-corrected chi connectivity index (χ2v) is 5.81. The van der Waals surface area contributed by atoms with Crippen LogP contribution in [0.5, 0.6) is 5.75 Å². The molecule has 0 saturated heterocycles. The number of hydrogen-bond donors (Lipinski definition) is 0. The van der Waals surface area contributed by atoms with Gasteiger partial charge in [-0.2, -0.15) is 0 Å². The molecule has 1 aliphatic carbocycles. The molecule has 0 aromatic heterocycles. The third-order valence-electron chi connectivity index (χ3n) is 4.36. The molecule has 21 heavy (non-hydrogen) atoms. The number of rotatable bonds is 3. The molecule has 0 amide bonds. The average molecular weight is 280 g/mol. The van der Waals surface area contributed by atoms with E-state index < -0.39 is 0 Å². The molecule has 2 aromatic rings. The van der Waals surface area contributed by atoms with Gasteiger partial charge in [0.05, 0.1) is 12.7 Å². The number of benzene rings is 2. The van der Waals surface area contributed by atoms with E-state index >= 15 is 0 Å². The van der Waals surface area contributed by atoms with Gasteiger partial charge in [-0.15, -0.1) is 0 Å². The van der Waals surface area contributed by atoms with Crippen LogP contribution >= 0.6 is 0 Å². The number of methoxy groups -OCH3 is 1. The van der Waals surface area contributed by atoms with E-state index in [0.717, 1.165) is 29.5 Å². The van der Waals surface area contributed by atoms with Crippen LogP contribution in [0.3, 0.4) is 0 Å².